The van der Waals surface area contributed by atoms with Crippen LogP contribution in [0.1, 0.15) is 40.2 Å². The normalized spacial score (nSPS) is 16.5. The highest BCUT2D eigenvalue weighted by Gasteiger charge is 2.30. The van der Waals surface area contributed by atoms with Crippen LogP contribution in [0, 0.1) is 0 Å². The second-order valence-electron chi connectivity index (χ2n) is 5.74. The average molecular weight is 344 g/mol. The van der Waals surface area contributed by atoms with Gasteiger partial charge in [0.1, 0.15) is 5.75 Å². The molecule has 1 aliphatic rings. The van der Waals surface area contributed by atoms with E-state index in [0.29, 0.717) is 11.3 Å². The average Bonchev–Trinajstić information content (AvgIpc) is 3.07. The fourth-order valence-electron chi connectivity index (χ4n) is 3.10. The fourth-order valence-corrected chi connectivity index (χ4v) is 4.03. The first-order valence-electron chi connectivity index (χ1n) is 7.98. The lowest BCUT2D eigenvalue weighted by Crippen LogP contribution is -2.41. The molecule has 1 atom stereocenters. The van der Waals surface area contributed by atoms with Crippen LogP contribution in [0.3, 0.4) is 0 Å². The molecule has 0 unspecified atom stereocenters. The molecule has 2 heterocycles. The van der Waals surface area contributed by atoms with Crippen molar-refractivity contribution in [1.29, 1.82) is 0 Å². The molecule has 24 heavy (non-hydrogen) atoms. The predicted molar refractivity (Wildman–Crippen MR) is 93.2 cm³/mol. The van der Waals surface area contributed by atoms with E-state index in [-0.39, 0.29) is 18.6 Å². The van der Waals surface area contributed by atoms with Gasteiger partial charge in [0.25, 0.3) is 5.91 Å². The Morgan fingerprint density at radius 1 is 1.38 bits per heavy atom. The quantitative estimate of drug-likeness (QED) is 0.906. The molecule has 6 heteroatoms. The van der Waals surface area contributed by atoms with Crippen molar-refractivity contribution >= 4 is 23.2 Å². The van der Waals surface area contributed by atoms with Crippen molar-refractivity contribution in [1.82, 2.24) is 4.90 Å². The molecule has 0 bridgehead atoms. The molecule has 0 spiro atoms. The lowest BCUT2D eigenvalue weighted by atomic mass is 9.98. The first-order chi connectivity index (χ1) is 11.6. The lowest BCUT2D eigenvalue weighted by molar-refractivity contribution is -0.136. The summed E-state index contributed by atoms with van der Waals surface area (Å²) in [5, 5.41) is 2.09. The Morgan fingerprint density at radius 3 is 2.96 bits per heavy atom. The third-order valence-electron chi connectivity index (χ3n) is 4.28. The van der Waals surface area contributed by atoms with Gasteiger partial charge in [0, 0.05) is 17.0 Å². The highest BCUT2D eigenvalue weighted by molar-refractivity contribution is 7.10. The van der Waals surface area contributed by atoms with E-state index in [1.165, 1.54) is 10.4 Å². The smallest absolute Gasteiger partial charge is 0.261 e. The Labute approximate surface area is 145 Å². The summed E-state index contributed by atoms with van der Waals surface area (Å²) < 4.78 is 5.58. The monoisotopic (exact) mass is 344 g/mol. The van der Waals surface area contributed by atoms with Gasteiger partial charge in [0.05, 0.1) is 6.04 Å². The molecule has 2 N–H and O–H groups in total. The number of hydrogen-bond donors (Lipinski definition) is 1. The number of hydrogen-bond acceptors (Lipinski definition) is 4. The number of fused-ring (bicyclic) bond motifs is 1. The van der Waals surface area contributed by atoms with Gasteiger partial charge in [-0.3, -0.25) is 9.59 Å². The SMILES string of the molecule is CC[C@H]1c2ccsc2CCN1C(=O)COc1cccc(C(N)=O)c1. The molecule has 1 aliphatic heterocycles. The standard InChI is InChI=1S/C18H20N2O3S/c1-2-15-14-7-9-24-16(14)6-8-20(15)17(21)11-23-13-5-3-4-12(10-13)18(19)22/h3-5,7,9-10,15H,2,6,8,11H2,1H3,(H2,19,22)/t15-/m0/s1. The summed E-state index contributed by atoms with van der Waals surface area (Å²) in [6.07, 6.45) is 1.78. The third kappa shape index (κ3) is 3.28. The van der Waals surface area contributed by atoms with Crippen molar-refractivity contribution in [3.05, 3.63) is 51.7 Å². The Bertz CT molecular complexity index is 756. The van der Waals surface area contributed by atoms with E-state index >= 15 is 0 Å². The van der Waals surface area contributed by atoms with E-state index in [0.717, 1.165) is 19.4 Å². The Morgan fingerprint density at radius 2 is 2.21 bits per heavy atom. The molecule has 126 valence electrons. The highest BCUT2D eigenvalue weighted by atomic mass is 32.1. The number of rotatable bonds is 5. The van der Waals surface area contributed by atoms with Crippen molar-refractivity contribution in [2.45, 2.75) is 25.8 Å². The first-order valence-corrected chi connectivity index (χ1v) is 8.86. The minimum atomic E-state index is -0.515. The van der Waals surface area contributed by atoms with Crippen LogP contribution >= 0.6 is 11.3 Å². The summed E-state index contributed by atoms with van der Waals surface area (Å²) in [6, 6.07) is 8.81. The number of nitrogens with zero attached hydrogens (tertiary/aromatic N) is 1. The Balaban J connectivity index is 1.67. The predicted octanol–water partition coefficient (Wildman–Crippen LogP) is 2.76. The second-order valence-corrected chi connectivity index (χ2v) is 6.74. The minimum absolute atomic E-state index is 0.0387. The summed E-state index contributed by atoms with van der Waals surface area (Å²) in [6.45, 7) is 2.77. The molecule has 0 saturated carbocycles. The zero-order valence-electron chi connectivity index (χ0n) is 13.5. The Kier molecular flexibility index (Phi) is 4.85. The number of ether oxygens (including phenoxy) is 1. The van der Waals surface area contributed by atoms with Crippen molar-refractivity contribution < 1.29 is 14.3 Å². The maximum atomic E-state index is 12.6. The maximum Gasteiger partial charge on any atom is 0.261 e. The topological polar surface area (TPSA) is 72.6 Å². The summed E-state index contributed by atoms with van der Waals surface area (Å²) in [5.41, 5.74) is 6.89. The third-order valence-corrected chi connectivity index (χ3v) is 5.28. The molecule has 0 saturated heterocycles. The molecule has 1 aromatic carbocycles. The molecule has 0 aliphatic carbocycles. The number of benzene rings is 1. The number of carbonyl (C=O) groups excluding carboxylic acids is 2. The van der Waals surface area contributed by atoms with Gasteiger partial charge < -0.3 is 15.4 Å². The molecule has 3 rings (SSSR count). The van der Waals surface area contributed by atoms with E-state index in [2.05, 4.69) is 18.4 Å². The van der Waals surface area contributed by atoms with Gasteiger partial charge in [-0.1, -0.05) is 13.0 Å². The molecular weight excluding hydrogens is 324 g/mol. The van der Waals surface area contributed by atoms with Crippen LogP contribution in [0.4, 0.5) is 0 Å². The van der Waals surface area contributed by atoms with Crippen LogP contribution in [-0.4, -0.2) is 29.9 Å². The summed E-state index contributed by atoms with van der Waals surface area (Å²) in [7, 11) is 0. The van der Waals surface area contributed by atoms with Crippen molar-refractivity contribution in [3.8, 4) is 5.75 Å². The molecule has 2 aromatic rings. The maximum absolute atomic E-state index is 12.6. The van der Waals surface area contributed by atoms with Gasteiger partial charge in [0.15, 0.2) is 6.61 Å². The Hall–Kier alpha value is -2.34. The minimum Gasteiger partial charge on any atom is -0.484 e. The summed E-state index contributed by atoms with van der Waals surface area (Å²) >= 11 is 1.76. The number of nitrogens with two attached hydrogens (primary N) is 1. The lowest BCUT2D eigenvalue weighted by Gasteiger charge is -2.35. The fraction of sp³-hybridized carbons (Fsp3) is 0.333. The van der Waals surface area contributed by atoms with Gasteiger partial charge in [-0.25, -0.2) is 0 Å². The number of thiophene rings is 1. The molecule has 5 nitrogen and oxygen atoms in total. The van der Waals surface area contributed by atoms with Gasteiger partial charge in [-0.15, -0.1) is 11.3 Å². The zero-order valence-corrected chi connectivity index (χ0v) is 14.3. The van der Waals surface area contributed by atoms with E-state index in [1.54, 1.807) is 35.6 Å². The van der Waals surface area contributed by atoms with E-state index in [9.17, 15) is 9.59 Å². The second kappa shape index (κ2) is 7.05. The van der Waals surface area contributed by atoms with Gasteiger partial charge in [0.2, 0.25) is 5.91 Å². The van der Waals surface area contributed by atoms with Gasteiger partial charge >= 0.3 is 0 Å². The van der Waals surface area contributed by atoms with Crippen molar-refractivity contribution in [2.75, 3.05) is 13.2 Å². The number of primary amides is 1. The molecule has 1 aromatic heterocycles. The van der Waals surface area contributed by atoms with E-state index in [4.69, 9.17) is 10.5 Å². The van der Waals surface area contributed by atoms with E-state index < -0.39 is 5.91 Å². The molecular formula is C18H20N2O3S. The first kappa shape index (κ1) is 16.5. The van der Waals surface area contributed by atoms with Crippen LogP contribution in [-0.2, 0) is 11.2 Å². The summed E-state index contributed by atoms with van der Waals surface area (Å²) in [5.74, 6) is -0.0806. The number of carbonyl (C=O) groups is 2. The molecule has 0 radical (unpaired) electrons. The van der Waals surface area contributed by atoms with Crippen LogP contribution in [0.25, 0.3) is 0 Å². The highest BCUT2D eigenvalue weighted by Crippen LogP contribution is 2.35. The van der Waals surface area contributed by atoms with Crippen LogP contribution in [0.2, 0.25) is 0 Å². The van der Waals surface area contributed by atoms with Crippen molar-refractivity contribution in [3.63, 3.8) is 0 Å². The molecule has 2 amide bonds. The van der Waals surface area contributed by atoms with Crippen LogP contribution in [0.15, 0.2) is 35.7 Å². The number of amides is 2. The molecule has 0 fully saturated rings. The summed E-state index contributed by atoms with van der Waals surface area (Å²) in [4.78, 5) is 27.1. The zero-order chi connectivity index (χ0) is 17.1. The van der Waals surface area contributed by atoms with Crippen LogP contribution < -0.4 is 10.5 Å². The van der Waals surface area contributed by atoms with Gasteiger partial charge in [-0.2, -0.15) is 0 Å². The van der Waals surface area contributed by atoms with E-state index in [1.807, 2.05) is 4.90 Å². The van der Waals surface area contributed by atoms with Crippen LogP contribution in [0.5, 0.6) is 5.75 Å². The van der Waals surface area contributed by atoms with Gasteiger partial charge in [-0.05, 0) is 48.1 Å². The largest absolute Gasteiger partial charge is 0.484 e. The van der Waals surface area contributed by atoms with Crippen molar-refractivity contribution in [2.24, 2.45) is 5.73 Å².